The number of hydrogen-bond donors (Lipinski definition) is 2. The van der Waals surface area contributed by atoms with E-state index in [0.29, 0.717) is 0 Å². The third kappa shape index (κ3) is 3.13. The summed E-state index contributed by atoms with van der Waals surface area (Å²) in [7, 11) is 0. The molecule has 4 rings (SSSR count). The maximum Gasteiger partial charge on any atom is 0.275 e. The maximum absolute atomic E-state index is 13.1. The van der Waals surface area contributed by atoms with Gasteiger partial charge in [-0.05, 0) is 24.3 Å². The molecular formula is C19H11FN4O6. The standard InChI is InChI=1S/C19H11FN4O6/c20-9-1-3-12(4-2-9)30-13-6-10(5-11(7-13)24(28)29)23-15(25)8-14-16(17(23)21)19(27)22-18(14)26/h1-8H,21H2,(H,22,26,27). The number of fused-ring (bicyclic) bond motifs is 1. The molecule has 0 saturated heterocycles. The molecule has 2 aromatic carbocycles. The fourth-order valence-corrected chi connectivity index (χ4v) is 3.05. The number of rotatable bonds is 4. The number of anilines is 1. The Morgan fingerprint density at radius 1 is 1.00 bits per heavy atom. The van der Waals surface area contributed by atoms with Gasteiger partial charge >= 0.3 is 0 Å². The van der Waals surface area contributed by atoms with Crippen LogP contribution in [-0.2, 0) is 0 Å². The Balaban J connectivity index is 1.88. The second kappa shape index (κ2) is 6.81. The van der Waals surface area contributed by atoms with Crippen LogP contribution < -0.4 is 21.3 Å². The van der Waals surface area contributed by atoms with E-state index in [-0.39, 0.29) is 34.1 Å². The Morgan fingerprint density at radius 2 is 1.70 bits per heavy atom. The first-order chi connectivity index (χ1) is 14.2. The molecule has 150 valence electrons. The van der Waals surface area contributed by atoms with E-state index in [0.717, 1.165) is 34.9 Å². The molecule has 1 aliphatic heterocycles. The molecule has 0 radical (unpaired) electrons. The zero-order valence-corrected chi connectivity index (χ0v) is 14.9. The van der Waals surface area contributed by atoms with Gasteiger partial charge in [0.2, 0.25) is 0 Å². The van der Waals surface area contributed by atoms with Crippen LogP contribution in [0.1, 0.15) is 20.7 Å². The summed E-state index contributed by atoms with van der Waals surface area (Å²) in [4.78, 5) is 47.0. The van der Waals surface area contributed by atoms with Gasteiger partial charge in [-0.15, -0.1) is 0 Å². The van der Waals surface area contributed by atoms with Crippen molar-refractivity contribution < 1.29 is 23.6 Å². The van der Waals surface area contributed by atoms with Gasteiger partial charge < -0.3 is 10.5 Å². The second-order valence-corrected chi connectivity index (χ2v) is 6.27. The van der Waals surface area contributed by atoms with E-state index in [4.69, 9.17) is 10.5 Å². The molecule has 0 aliphatic carbocycles. The summed E-state index contributed by atoms with van der Waals surface area (Å²) in [6, 6.07) is 9.31. The number of nitrogens with two attached hydrogens (primary N) is 1. The molecule has 0 unspecified atom stereocenters. The number of amides is 2. The van der Waals surface area contributed by atoms with Crippen LogP contribution in [0.15, 0.2) is 53.3 Å². The molecule has 0 fully saturated rings. The SMILES string of the molecule is Nc1c2c(cc(=O)n1-c1cc(Oc3ccc(F)cc3)cc([N+](=O)[O-])c1)C(=O)NC2=O. The Morgan fingerprint density at radius 3 is 2.37 bits per heavy atom. The molecule has 0 spiro atoms. The minimum atomic E-state index is -0.783. The van der Waals surface area contributed by atoms with E-state index in [1.165, 1.54) is 18.2 Å². The Labute approximate surface area is 166 Å². The average Bonchev–Trinajstić information content (AvgIpc) is 2.97. The zero-order chi connectivity index (χ0) is 21.6. The molecule has 10 nitrogen and oxygen atoms in total. The first-order valence-electron chi connectivity index (χ1n) is 8.39. The van der Waals surface area contributed by atoms with Crippen molar-refractivity contribution in [1.29, 1.82) is 0 Å². The number of carbonyl (C=O) groups is 2. The van der Waals surface area contributed by atoms with E-state index < -0.39 is 33.8 Å². The summed E-state index contributed by atoms with van der Waals surface area (Å²) in [5.74, 6) is -2.22. The van der Waals surface area contributed by atoms with Crippen molar-refractivity contribution in [2.45, 2.75) is 0 Å². The van der Waals surface area contributed by atoms with Crippen molar-refractivity contribution in [3.63, 3.8) is 0 Å². The number of imide groups is 1. The number of pyridine rings is 1. The summed E-state index contributed by atoms with van der Waals surface area (Å²) in [5.41, 5.74) is 4.34. The molecule has 2 amide bonds. The van der Waals surface area contributed by atoms with Gasteiger partial charge in [0.1, 0.15) is 23.1 Å². The number of aromatic nitrogens is 1. The average molecular weight is 410 g/mol. The zero-order valence-electron chi connectivity index (χ0n) is 14.9. The largest absolute Gasteiger partial charge is 0.457 e. The minimum absolute atomic E-state index is 0.0295. The van der Waals surface area contributed by atoms with Crippen LogP contribution in [0.4, 0.5) is 15.9 Å². The van der Waals surface area contributed by atoms with Gasteiger partial charge in [-0.3, -0.25) is 34.4 Å². The van der Waals surface area contributed by atoms with Gasteiger partial charge in [-0.1, -0.05) is 0 Å². The second-order valence-electron chi connectivity index (χ2n) is 6.27. The number of carbonyl (C=O) groups excluding carboxylic acids is 2. The number of halogens is 1. The lowest BCUT2D eigenvalue weighted by atomic mass is 10.1. The monoisotopic (exact) mass is 410 g/mol. The van der Waals surface area contributed by atoms with E-state index >= 15 is 0 Å². The molecule has 3 N–H and O–H groups in total. The van der Waals surface area contributed by atoms with Gasteiger partial charge in [0.15, 0.2) is 0 Å². The van der Waals surface area contributed by atoms with Gasteiger partial charge in [0.25, 0.3) is 23.1 Å². The fraction of sp³-hybridized carbons (Fsp3) is 0. The molecule has 30 heavy (non-hydrogen) atoms. The molecule has 11 heteroatoms. The van der Waals surface area contributed by atoms with Gasteiger partial charge in [-0.2, -0.15) is 0 Å². The first-order valence-corrected chi connectivity index (χ1v) is 8.39. The van der Waals surface area contributed by atoms with E-state index in [2.05, 4.69) is 0 Å². The lowest BCUT2D eigenvalue weighted by molar-refractivity contribution is -0.384. The number of nitrogens with zero attached hydrogens (tertiary/aromatic N) is 2. The van der Waals surface area contributed by atoms with Crippen molar-refractivity contribution in [2.24, 2.45) is 0 Å². The first kappa shape index (κ1) is 18.8. The summed E-state index contributed by atoms with van der Waals surface area (Å²) >= 11 is 0. The quantitative estimate of drug-likeness (QED) is 0.380. The summed E-state index contributed by atoms with van der Waals surface area (Å²) in [6.45, 7) is 0. The number of nitrogen functional groups attached to an aromatic ring is 1. The smallest absolute Gasteiger partial charge is 0.275 e. The molecule has 0 bridgehead atoms. The van der Waals surface area contributed by atoms with E-state index in [1.54, 1.807) is 0 Å². The third-order valence-electron chi connectivity index (χ3n) is 4.35. The molecule has 0 saturated carbocycles. The highest BCUT2D eigenvalue weighted by molar-refractivity contribution is 6.23. The Kier molecular flexibility index (Phi) is 4.27. The van der Waals surface area contributed by atoms with Crippen molar-refractivity contribution in [2.75, 3.05) is 5.73 Å². The highest BCUT2D eigenvalue weighted by atomic mass is 19.1. The molecular weight excluding hydrogens is 399 g/mol. The van der Waals surface area contributed by atoms with Crippen LogP contribution in [-0.4, -0.2) is 21.3 Å². The molecule has 2 heterocycles. The van der Waals surface area contributed by atoms with Gasteiger partial charge in [-0.25, -0.2) is 4.39 Å². The van der Waals surface area contributed by atoms with E-state index in [1.807, 2.05) is 5.32 Å². The number of hydrogen-bond acceptors (Lipinski definition) is 7. The van der Waals surface area contributed by atoms with Crippen molar-refractivity contribution in [3.05, 3.63) is 85.9 Å². The van der Waals surface area contributed by atoms with Crippen LogP contribution >= 0.6 is 0 Å². The summed E-state index contributed by atoms with van der Waals surface area (Å²) in [5, 5.41) is 13.4. The molecule has 0 atom stereocenters. The highest BCUT2D eigenvalue weighted by Gasteiger charge is 2.32. The fourth-order valence-electron chi connectivity index (χ4n) is 3.05. The summed E-state index contributed by atoms with van der Waals surface area (Å²) in [6.07, 6.45) is 0. The third-order valence-corrected chi connectivity index (χ3v) is 4.35. The topological polar surface area (TPSA) is 147 Å². The molecule has 1 aliphatic rings. The number of nitrogens with one attached hydrogen (secondary N) is 1. The van der Waals surface area contributed by atoms with Crippen LogP contribution in [0, 0.1) is 15.9 Å². The number of nitro benzene ring substituents is 1. The highest BCUT2D eigenvalue weighted by Crippen LogP contribution is 2.31. The van der Waals surface area contributed by atoms with Crippen LogP contribution in [0.25, 0.3) is 5.69 Å². The normalized spacial score (nSPS) is 12.4. The number of ether oxygens (including phenoxy) is 1. The van der Waals surface area contributed by atoms with Crippen LogP contribution in [0.5, 0.6) is 11.5 Å². The number of benzene rings is 2. The van der Waals surface area contributed by atoms with Gasteiger partial charge in [0.05, 0.1) is 27.8 Å². The molecule has 1 aromatic heterocycles. The lowest BCUT2D eigenvalue weighted by Crippen LogP contribution is -2.24. The number of nitro groups is 1. The Bertz CT molecular complexity index is 1300. The Hall–Kier alpha value is -4.54. The predicted molar refractivity (Wildman–Crippen MR) is 101 cm³/mol. The van der Waals surface area contributed by atoms with Crippen molar-refractivity contribution in [3.8, 4) is 17.2 Å². The summed E-state index contributed by atoms with van der Waals surface area (Å²) < 4.78 is 19.5. The number of non-ortho nitro benzene ring substituents is 1. The predicted octanol–water partition coefficient (Wildman–Crippen LogP) is 2.14. The minimum Gasteiger partial charge on any atom is -0.457 e. The lowest BCUT2D eigenvalue weighted by Gasteiger charge is -2.13. The van der Waals surface area contributed by atoms with Crippen LogP contribution in [0.2, 0.25) is 0 Å². The van der Waals surface area contributed by atoms with E-state index in [9.17, 15) is 28.9 Å². The maximum atomic E-state index is 13.1. The molecule has 3 aromatic rings. The van der Waals surface area contributed by atoms with Crippen molar-refractivity contribution >= 4 is 23.3 Å². The van der Waals surface area contributed by atoms with Crippen LogP contribution in [0.3, 0.4) is 0 Å². The van der Waals surface area contributed by atoms with Gasteiger partial charge in [0, 0.05) is 18.2 Å². The van der Waals surface area contributed by atoms with Crippen molar-refractivity contribution in [1.82, 2.24) is 9.88 Å².